The molecule has 0 amide bonds. The third-order valence-corrected chi connectivity index (χ3v) is 6.26. The lowest BCUT2D eigenvalue weighted by Crippen LogP contribution is -2.21. The molecule has 0 aromatic carbocycles. The zero-order chi connectivity index (χ0) is 20.7. The highest BCUT2D eigenvalue weighted by atomic mass is 35.5. The molecule has 2 nitrogen and oxygen atoms in total. The summed E-state index contributed by atoms with van der Waals surface area (Å²) >= 11 is 0. The predicted molar refractivity (Wildman–Crippen MR) is 143 cm³/mol. The van der Waals surface area contributed by atoms with E-state index in [1.807, 2.05) is 0 Å². The van der Waals surface area contributed by atoms with Gasteiger partial charge in [0, 0.05) is 12.1 Å². The topological polar surface area (TPSA) is 52.0 Å². The Labute approximate surface area is 203 Å². The Balaban J connectivity index is -0.00000364. The molecule has 0 heterocycles. The van der Waals surface area contributed by atoms with E-state index in [4.69, 9.17) is 11.5 Å². The van der Waals surface area contributed by atoms with Crippen LogP contribution in [-0.2, 0) is 0 Å². The molecule has 0 saturated carbocycles. The van der Waals surface area contributed by atoms with E-state index in [1.165, 1.54) is 141 Å². The van der Waals surface area contributed by atoms with Crippen molar-refractivity contribution in [2.24, 2.45) is 11.5 Å². The maximum atomic E-state index is 6.30. The highest BCUT2D eigenvalue weighted by Gasteiger charge is 2.05. The van der Waals surface area contributed by atoms with E-state index in [2.05, 4.69) is 13.8 Å². The first kappa shape index (κ1) is 35.1. The van der Waals surface area contributed by atoms with Crippen molar-refractivity contribution in [3.05, 3.63) is 0 Å². The Bertz CT molecular complexity index is 262. The molecule has 186 valence electrons. The smallest absolute Gasteiger partial charge is 0.00388 e. The average Bonchev–Trinajstić information content (AvgIpc) is 2.69. The lowest BCUT2D eigenvalue weighted by molar-refractivity contribution is 0.458. The summed E-state index contributed by atoms with van der Waals surface area (Å²) < 4.78 is 0. The van der Waals surface area contributed by atoms with Gasteiger partial charge in [0.05, 0.1) is 0 Å². The summed E-state index contributed by atoms with van der Waals surface area (Å²) in [6.45, 7) is 4.57. The molecule has 0 aromatic heterocycles. The van der Waals surface area contributed by atoms with Crippen LogP contribution < -0.4 is 11.5 Å². The largest absolute Gasteiger partial charge is 0.328 e. The second-order valence-corrected chi connectivity index (χ2v) is 9.33. The summed E-state index contributed by atoms with van der Waals surface area (Å²) in [5, 5.41) is 0. The van der Waals surface area contributed by atoms with Gasteiger partial charge in [-0.05, 0) is 25.7 Å². The van der Waals surface area contributed by atoms with Crippen LogP contribution in [0.4, 0.5) is 0 Å². The van der Waals surface area contributed by atoms with Gasteiger partial charge in [-0.15, -0.1) is 24.8 Å². The molecular formula is C26H58Cl2N2. The summed E-state index contributed by atoms with van der Waals surface area (Å²) in [5.41, 5.74) is 12.6. The van der Waals surface area contributed by atoms with Crippen LogP contribution in [0.25, 0.3) is 0 Å². The predicted octanol–water partition coefficient (Wildman–Crippen LogP) is 9.11. The van der Waals surface area contributed by atoms with E-state index in [0.717, 1.165) is 0 Å². The van der Waals surface area contributed by atoms with Gasteiger partial charge in [-0.1, -0.05) is 129 Å². The molecule has 30 heavy (non-hydrogen) atoms. The van der Waals surface area contributed by atoms with Crippen LogP contribution in [-0.4, -0.2) is 12.1 Å². The van der Waals surface area contributed by atoms with Crippen molar-refractivity contribution in [1.29, 1.82) is 0 Å². The second-order valence-electron chi connectivity index (χ2n) is 9.33. The Hall–Kier alpha value is 0.500. The lowest BCUT2D eigenvalue weighted by atomic mass is 9.98. The number of halogens is 2. The molecule has 4 heteroatoms. The summed E-state index contributed by atoms with van der Waals surface area (Å²) in [7, 11) is 0. The summed E-state index contributed by atoms with van der Waals surface area (Å²) in [5.74, 6) is 0. The van der Waals surface area contributed by atoms with E-state index in [-0.39, 0.29) is 24.8 Å². The standard InChI is InChI=1S/C26H56N2.2ClH/c1-3-5-7-9-11-13-15-17-21-25(27)23-19-20-24-26(28)22-18-16-14-12-10-8-6-4-2;;/h25-26H,3-24,27-28H2,1-2H3;2*1H. The van der Waals surface area contributed by atoms with E-state index in [0.29, 0.717) is 12.1 Å². The van der Waals surface area contributed by atoms with Crippen LogP contribution in [0.1, 0.15) is 155 Å². The maximum absolute atomic E-state index is 6.30. The van der Waals surface area contributed by atoms with E-state index >= 15 is 0 Å². The van der Waals surface area contributed by atoms with Gasteiger partial charge in [-0.25, -0.2) is 0 Å². The molecule has 2 atom stereocenters. The first-order chi connectivity index (χ1) is 13.7. The molecule has 0 aliphatic heterocycles. The van der Waals surface area contributed by atoms with Crippen molar-refractivity contribution in [3.8, 4) is 0 Å². The van der Waals surface area contributed by atoms with Crippen molar-refractivity contribution < 1.29 is 0 Å². The highest BCUT2D eigenvalue weighted by molar-refractivity contribution is 5.85. The van der Waals surface area contributed by atoms with Crippen molar-refractivity contribution >= 4 is 24.8 Å². The number of unbranched alkanes of at least 4 members (excludes halogenated alkanes) is 15. The van der Waals surface area contributed by atoms with Crippen LogP contribution in [0.15, 0.2) is 0 Å². The maximum Gasteiger partial charge on any atom is 0.00388 e. The summed E-state index contributed by atoms with van der Waals surface area (Å²) in [6, 6.07) is 0.841. The molecule has 0 aliphatic carbocycles. The summed E-state index contributed by atoms with van der Waals surface area (Å²) in [6.07, 6.45) is 29.7. The zero-order valence-corrected chi connectivity index (χ0v) is 22.3. The highest BCUT2D eigenvalue weighted by Crippen LogP contribution is 2.15. The van der Waals surface area contributed by atoms with Gasteiger partial charge in [0.15, 0.2) is 0 Å². The molecule has 0 radical (unpaired) electrons. The van der Waals surface area contributed by atoms with Gasteiger partial charge in [0.2, 0.25) is 0 Å². The SMILES string of the molecule is CCCCCCCCCCC(N)CCCCC(N)CCCCCCCCCC.Cl.Cl. The van der Waals surface area contributed by atoms with Crippen molar-refractivity contribution in [2.45, 2.75) is 167 Å². The molecule has 0 aromatic rings. The van der Waals surface area contributed by atoms with Crippen LogP contribution in [0.2, 0.25) is 0 Å². The van der Waals surface area contributed by atoms with Crippen LogP contribution >= 0.6 is 24.8 Å². The molecular weight excluding hydrogens is 411 g/mol. The molecule has 0 fully saturated rings. The van der Waals surface area contributed by atoms with Gasteiger partial charge in [-0.3, -0.25) is 0 Å². The Kier molecular flexibility index (Phi) is 34.5. The molecule has 0 bridgehead atoms. The Morgan fingerprint density at radius 2 is 0.567 bits per heavy atom. The first-order valence-corrected chi connectivity index (χ1v) is 13.2. The van der Waals surface area contributed by atoms with Crippen molar-refractivity contribution in [2.75, 3.05) is 0 Å². The minimum Gasteiger partial charge on any atom is -0.328 e. The van der Waals surface area contributed by atoms with Gasteiger partial charge in [0.25, 0.3) is 0 Å². The van der Waals surface area contributed by atoms with E-state index < -0.39 is 0 Å². The molecule has 0 aliphatic rings. The van der Waals surface area contributed by atoms with Gasteiger partial charge in [0.1, 0.15) is 0 Å². The average molecular weight is 470 g/mol. The monoisotopic (exact) mass is 468 g/mol. The van der Waals surface area contributed by atoms with Gasteiger partial charge >= 0.3 is 0 Å². The van der Waals surface area contributed by atoms with Crippen molar-refractivity contribution in [1.82, 2.24) is 0 Å². The summed E-state index contributed by atoms with van der Waals surface area (Å²) in [4.78, 5) is 0. The number of rotatable bonds is 23. The third kappa shape index (κ3) is 28.5. The second kappa shape index (κ2) is 29.5. The fourth-order valence-electron chi connectivity index (χ4n) is 4.18. The number of nitrogens with two attached hydrogens (primary N) is 2. The zero-order valence-electron chi connectivity index (χ0n) is 20.7. The Morgan fingerprint density at radius 1 is 0.367 bits per heavy atom. The molecule has 0 saturated heterocycles. The molecule has 4 N–H and O–H groups in total. The quantitative estimate of drug-likeness (QED) is 0.147. The van der Waals surface area contributed by atoms with Crippen LogP contribution in [0.5, 0.6) is 0 Å². The molecule has 0 rings (SSSR count). The van der Waals surface area contributed by atoms with E-state index in [1.54, 1.807) is 0 Å². The molecule has 0 spiro atoms. The fourth-order valence-corrected chi connectivity index (χ4v) is 4.18. The lowest BCUT2D eigenvalue weighted by Gasteiger charge is -2.14. The minimum absolute atomic E-state index is 0. The van der Waals surface area contributed by atoms with Gasteiger partial charge in [-0.2, -0.15) is 0 Å². The van der Waals surface area contributed by atoms with Crippen LogP contribution in [0.3, 0.4) is 0 Å². The Morgan fingerprint density at radius 3 is 0.833 bits per heavy atom. The third-order valence-electron chi connectivity index (χ3n) is 6.26. The number of hydrogen-bond donors (Lipinski definition) is 2. The van der Waals surface area contributed by atoms with E-state index in [9.17, 15) is 0 Å². The number of hydrogen-bond acceptors (Lipinski definition) is 2. The van der Waals surface area contributed by atoms with Crippen LogP contribution in [0, 0.1) is 0 Å². The minimum atomic E-state index is 0. The normalized spacial score (nSPS) is 12.8. The fraction of sp³-hybridized carbons (Fsp3) is 1.00. The first-order valence-electron chi connectivity index (χ1n) is 13.2. The molecule has 2 unspecified atom stereocenters. The van der Waals surface area contributed by atoms with Gasteiger partial charge < -0.3 is 11.5 Å². The van der Waals surface area contributed by atoms with Crippen molar-refractivity contribution in [3.63, 3.8) is 0 Å².